The number of halogens is 1. The van der Waals surface area contributed by atoms with Gasteiger partial charge in [0, 0.05) is 44.2 Å². The van der Waals surface area contributed by atoms with Crippen LogP contribution in [-0.4, -0.2) is 54.3 Å². The maximum atomic E-state index is 12.2. The van der Waals surface area contributed by atoms with E-state index in [1.54, 1.807) is 6.07 Å². The summed E-state index contributed by atoms with van der Waals surface area (Å²) in [5.41, 5.74) is 0.648. The van der Waals surface area contributed by atoms with E-state index < -0.39 is 0 Å². The molecule has 20 heavy (non-hydrogen) atoms. The van der Waals surface area contributed by atoms with Gasteiger partial charge in [0.25, 0.3) is 0 Å². The molecule has 0 spiro atoms. The first-order valence-corrected chi connectivity index (χ1v) is 7.73. The molecule has 1 saturated heterocycles. The van der Waals surface area contributed by atoms with Crippen LogP contribution in [0.3, 0.4) is 0 Å². The minimum Gasteiger partial charge on any atom is -0.300 e. The predicted molar refractivity (Wildman–Crippen MR) is 83.5 cm³/mol. The van der Waals surface area contributed by atoms with Gasteiger partial charge >= 0.3 is 0 Å². The number of hydrogen-bond donors (Lipinski definition) is 0. The average Bonchev–Trinajstić information content (AvgIpc) is 2.45. The zero-order chi connectivity index (χ0) is 14.5. The first-order valence-electron chi connectivity index (χ1n) is 7.36. The van der Waals surface area contributed by atoms with Crippen LogP contribution in [0.2, 0.25) is 5.02 Å². The van der Waals surface area contributed by atoms with Crippen molar-refractivity contribution < 1.29 is 4.79 Å². The Morgan fingerprint density at radius 1 is 1.35 bits per heavy atom. The molecule has 3 nitrogen and oxygen atoms in total. The first-order chi connectivity index (χ1) is 9.61. The van der Waals surface area contributed by atoms with Crippen LogP contribution >= 0.6 is 11.6 Å². The van der Waals surface area contributed by atoms with Crippen LogP contribution in [0, 0.1) is 0 Å². The molecule has 0 aliphatic carbocycles. The van der Waals surface area contributed by atoms with Crippen molar-refractivity contribution >= 4 is 17.4 Å². The Bertz CT molecular complexity index is 464. The summed E-state index contributed by atoms with van der Waals surface area (Å²) in [5, 5.41) is 0.557. The number of carbonyl (C=O) groups excluding carboxylic acids is 1. The van der Waals surface area contributed by atoms with E-state index >= 15 is 0 Å². The Morgan fingerprint density at radius 3 is 2.75 bits per heavy atom. The van der Waals surface area contributed by atoms with Crippen molar-refractivity contribution in [3.63, 3.8) is 0 Å². The normalized spacial score (nSPS) is 21.1. The molecule has 1 heterocycles. The summed E-state index contributed by atoms with van der Waals surface area (Å²) in [7, 11) is 0. The quantitative estimate of drug-likeness (QED) is 0.780. The summed E-state index contributed by atoms with van der Waals surface area (Å²) in [4.78, 5) is 17.0. The molecule has 0 saturated carbocycles. The topological polar surface area (TPSA) is 23.6 Å². The monoisotopic (exact) mass is 294 g/mol. The Morgan fingerprint density at radius 2 is 2.10 bits per heavy atom. The van der Waals surface area contributed by atoms with Gasteiger partial charge in [0.15, 0.2) is 5.78 Å². The van der Waals surface area contributed by atoms with Crippen LogP contribution in [0.25, 0.3) is 0 Å². The second-order valence-electron chi connectivity index (χ2n) is 5.43. The second kappa shape index (κ2) is 7.21. The van der Waals surface area contributed by atoms with Crippen LogP contribution in [-0.2, 0) is 0 Å². The number of nitrogens with zero attached hydrogens (tertiary/aromatic N) is 2. The molecule has 0 radical (unpaired) electrons. The number of hydrogen-bond acceptors (Lipinski definition) is 3. The average molecular weight is 295 g/mol. The SMILES string of the molecule is CCN1CCN(CCC(=O)c2ccccc2Cl)CC1C. The van der Waals surface area contributed by atoms with E-state index in [1.165, 1.54) is 0 Å². The van der Waals surface area contributed by atoms with Crippen molar-refractivity contribution in [2.75, 3.05) is 32.7 Å². The van der Waals surface area contributed by atoms with Gasteiger partial charge in [0.1, 0.15) is 0 Å². The molecule has 4 heteroatoms. The van der Waals surface area contributed by atoms with E-state index in [4.69, 9.17) is 11.6 Å². The van der Waals surface area contributed by atoms with Gasteiger partial charge in [-0.1, -0.05) is 30.7 Å². The highest BCUT2D eigenvalue weighted by molar-refractivity contribution is 6.33. The highest BCUT2D eigenvalue weighted by Crippen LogP contribution is 2.17. The minimum atomic E-state index is 0.140. The molecule has 1 aliphatic heterocycles. The van der Waals surface area contributed by atoms with Gasteiger partial charge in [0.2, 0.25) is 0 Å². The fourth-order valence-electron chi connectivity index (χ4n) is 2.83. The lowest BCUT2D eigenvalue weighted by Crippen LogP contribution is -2.51. The Hall–Kier alpha value is -0.900. The van der Waals surface area contributed by atoms with Crippen LogP contribution < -0.4 is 0 Å². The first kappa shape index (κ1) is 15.5. The van der Waals surface area contributed by atoms with Gasteiger partial charge in [-0.2, -0.15) is 0 Å². The summed E-state index contributed by atoms with van der Waals surface area (Å²) in [6.45, 7) is 9.58. The molecule has 1 aliphatic rings. The standard InChI is InChI=1S/C16H23ClN2O/c1-3-19-11-10-18(12-13(19)2)9-8-16(20)14-6-4-5-7-15(14)17/h4-7,13H,3,8-12H2,1-2H3. The van der Waals surface area contributed by atoms with E-state index in [0.29, 0.717) is 23.0 Å². The molecule has 110 valence electrons. The van der Waals surface area contributed by atoms with Gasteiger partial charge in [-0.15, -0.1) is 0 Å². The van der Waals surface area contributed by atoms with E-state index in [0.717, 1.165) is 32.7 Å². The number of Topliss-reactive ketones (excluding diaryl/α,β-unsaturated/α-hetero) is 1. The van der Waals surface area contributed by atoms with Crippen molar-refractivity contribution in [1.29, 1.82) is 0 Å². The summed E-state index contributed by atoms with van der Waals surface area (Å²) in [5.74, 6) is 0.140. The molecule has 1 aromatic rings. The third-order valence-electron chi connectivity index (χ3n) is 4.08. The number of rotatable bonds is 5. The van der Waals surface area contributed by atoms with Gasteiger partial charge in [-0.3, -0.25) is 9.69 Å². The molecule has 0 N–H and O–H groups in total. The lowest BCUT2D eigenvalue weighted by atomic mass is 10.1. The molecule has 1 aromatic carbocycles. The van der Waals surface area contributed by atoms with E-state index in [-0.39, 0.29) is 5.78 Å². The number of benzene rings is 1. The fourth-order valence-corrected chi connectivity index (χ4v) is 3.07. The Balaban J connectivity index is 1.84. The highest BCUT2D eigenvalue weighted by Gasteiger charge is 2.22. The highest BCUT2D eigenvalue weighted by atomic mass is 35.5. The van der Waals surface area contributed by atoms with E-state index in [1.807, 2.05) is 18.2 Å². The third kappa shape index (κ3) is 3.81. The Kier molecular flexibility index (Phi) is 5.58. The lowest BCUT2D eigenvalue weighted by molar-refractivity contribution is 0.0796. The summed E-state index contributed by atoms with van der Waals surface area (Å²) < 4.78 is 0. The van der Waals surface area contributed by atoms with Crippen molar-refractivity contribution in [2.24, 2.45) is 0 Å². The van der Waals surface area contributed by atoms with Crippen molar-refractivity contribution in [3.05, 3.63) is 34.9 Å². The largest absolute Gasteiger partial charge is 0.300 e. The van der Waals surface area contributed by atoms with E-state index in [2.05, 4.69) is 23.6 Å². The van der Waals surface area contributed by atoms with Gasteiger partial charge in [-0.25, -0.2) is 0 Å². The van der Waals surface area contributed by atoms with Crippen LogP contribution in [0.15, 0.2) is 24.3 Å². The van der Waals surface area contributed by atoms with Crippen molar-refractivity contribution in [2.45, 2.75) is 26.3 Å². The van der Waals surface area contributed by atoms with Gasteiger partial charge < -0.3 is 4.90 Å². The minimum absolute atomic E-state index is 0.140. The number of piperazine rings is 1. The van der Waals surface area contributed by atoms with Crippen LogP contribution in [0.1, 0.15) is 30.6 Å². The smallest absolute Gasteiger partial charge is 0.165 e. The third-order valence-corrected chi connectivity index (χ3v) is 4.41. The van der Waals surface area contributed by atoms with Gasteiger partial charge in [0.05, 0.1) is 5.02 Å². The fraction of sp³-hybridized carbons (Fsp3) is 0.562. The van der Waals surface area contributed by atoms with E-state index in [9.17, 15) is 4.79 Å². The zero-order valence-electron chi connectivity index (χ0n) is 12.3. The molecule has 0 bridgehead atoms. The lowest BCUT2D eigenvalue weighted by Gasteiger charge is -2.39. The molecule has 1 atom stereocenters. The molecule has 1 fully saturated rings. The zero-order valence-corrected chi connectivity index (χ0v) is 13.1. The van der Waals surface area contributed by atoms with Crippen molar-refractivity contribution in [1.82, 2.24) is 9.80 Å². The molecule has 2 rings (SSSR count). The summed E-state index contributed by atoms with van der Waals surface area (Å²) in [6, 6.07) is 7.87. The number of ketones is 1. The van der Waals surface area contributed by atoms with Gasteiger partial charge in [-0.05, 0) is 25.6 Å². The van der Waals surface area contributed by atoms with Crippen LogP contribution in [0.5, 0.6) is 0 Å². The summed E-state index contributed by atoms with van der Waals surface area (Å²) >= 11 is 6.06. The van der Waals surface area contributed by atoms with Crippen LogP contribution in [0.4, 0.5) is 0 Å². The molecule has 0 amide bonds. The van der Waals surface area contributed by atoms with Crippen molar-refractivity contribution in [3.8, 4) is 0 Å². The molecular weight excluding hydrogens is 272 g/mol. The maximum absolute atomic E-state index is 12.2. The maximum Gasteiger partial charge on any atom is 0.165 e. The number of likely N-dealkylation sites (N-methyl/N-ethyl adjacent to an activating group) is 1. The number of carbonyl (C=O) groups is 1. The predicted octanol–water partition coefficient (Wildman–Crippen LogP) is 2.94. The molecular formula is C16H23ClN2O. The summed E-state index contributed by atoms with van der Waals surface area (Å²) in [6.07, 6.45) is 0.544. The molecule has 1 unspecified atom stereocenters. The Labute approximate surface area is 126 Å². The second-order valence-corrected chi connectivity index (χ2v) is 5.84. The molecule has 0 aromatic heterocycles.